The van der Waals surface area contributed by atoms with Crippen molar-refractivity contribution in [1.82, 2.24) is 9.80 Å². The van der Waals surface area contributed by atoms with Gasteiger partial charge >= 0.3 is 12.0 Å². The van der Waals surface area contributed by atoms with E-state index in [9.17, 15) is 24.6 Å². The highest BCUT2D eigenvalue weighted by Crippen LogP contribution is 2.34. The second kappa shape index (κ2) is 13.9. The van der Waals surface area contributed by atoms with Gasteiger partial charge in [0.15, 0.2) is 11.5 Å². The van der Waals surface area contributed by atoms with Crippen LogP contribution >= 0.6 is 0 Å². The number of aromatic carboxylic acids is 1. The number of nitrogens with one attached hydrogen (secondary N) is 2. The molecule has 2 heterocycles. The molecule has 0 saturated carbocycles. The second-order valence-corrected chi connectivity index (χ2v) is 11.6. The molecule has 3 atom stereocenters. The van der Waals surface area contributed by atoms with E-state index in [0.717, 1.165) is 5.56 Å². The van der Waals surface area contributed by atoms with Gasteiger partial charge < -0.3 is 40.0 Å². The first kappa shape index (κ1) is 31.6. The monoisotopic (exact) mass is 618 g/mol. The van der Waals surface area contributed by atoms with E-state index in [2.05, 4.69) is 15.5 Å². The zero-order valence-electron chi connectivity index (χ0n) is 25.5. The molecule has 5 rings (SSSR count). The fourth-order valence-corrected chi connectivity index (χ4v) is 5.43. The largest absolute Gasteiger partial charge is 0.488 e. The number of urea groups is 1. The molecule has 0 aliphatic carbocycles. The molecule has 3 amide bonds. The molecule has 3 aromatic rings. The van der Waals surface area contributed by atoms with E-state index in [0.29, 0.717) is 53.8 Å². The number of carbonyl (C=O) groups excluding carboxylic acids is 2. The fourth-order valence-electron chi connectivity index (χ4n) is 5.43. The molecule has 2 aliphatic rings. The molecule has 0 spiro atoms. The van der Waals surface area contributed by atoms with E-state index in [4.69, 9.17) is 14.2 Å². The van der Waals surface area contributed by atoms with Crippen LogP contribution in [0.1, 0.15) is 35.3 Å². The minimum atomic E-state index is -0.971. The summed E-state index contributed by atoms with van der Waals surface area (Å²) >= 11 is 0. The van der Waals surface area contributed by atoms with Crippen LogP contribution in [-0.2, 0) is 17.8 Å². The lowest BCUT2D eigenvalue weighted by Gasteiger charge is -2.34. The van der Waals surface area contributed by atoms with Crippen molar-refractivity contribution in [2.45, 2.75) is 39.0 Å². The maximum atomic E-state index is 13.5. The summed E-state index contributed by atoms with van der Waals surface area (Å²) in [4.78, 5) is 41.4. The molecular weight excluding hydrogens is 580 g/mol. The van der Waals surface area contributed by atoms with E-state index in [1.165, 1.54) is 0 Å². The van der Waals surface area contributed by atoms with Crippen molar-refractivity contribution in [3.05, 3.63) is 77.4 Å². The molecule has 0 unspecified atom stereocenters. The molecule has 0 aromatic heterocycles. The van der Waals surface area contributed by atoms with Crippen LogP contribution in [0.25, 0.3) is 0 Å². The summed E-state index contributed by atoms with van der Waals surface area (Å²) in [7, 11) is 1.96. The Kier molecular flexibility index (Phi) is 9.74. The maximum absolute atomic E-state index is 13.5. The number of carboxylic acid groups (broad SMARTS) is 1. The molecule has 0 radical (unpaired) electrons. The van der Waals surface area contributed by atoms with Crippen LogP contribution in [0.15, 0.2) is 60.7 Å². The summed E-state index contributed by atoms with van der Waals surface area (Å²) in [6.45, 7) is 5.27. The number of hydrogen-bond acceptors (Lipinski definition) is 8. The maximum Gasteiger partial charge on any atom is 0.335 e. The van der Waals surface area contributed by atoms with Gasteiger partial charge in [0.2, 0.25) is 12.7 Å². The van der Waals surface area contributed by atoms with Crippen molar-refractivity contribution in [3.8, 4) is 17.2 Å². The van der Waals surface area contributed by atoms with E-state index in [1.54, 1.807) is 65.6 Å². The van der Waals surface area contributed by atoms with Crippen LogP contribution in [0, 0.1) is 5.92 Å². The third-order valence-electron chi connectivity index (χ3n) is 7.95. The third kappa shape index (κ3) is 7.83. The first-order valence-corrected chi connectivity index (χ1v) is 14.8. The van der Waals surface area contributed by atoms with Gasteiger partial charge in [-0.3, -0.25) is 9.69 Å². The van der Waals surface area contributed by atoms with Gasteiger partial charge in [-0.25, -0.2) is 9.59 Å². The molecule has 12 heteroatoms. The van der Waals surface area contributed by atoms with Crippen molar-refractivity contribution in [2.75, 3.05) is 44.2 Å². The number of likely N-dealkylation sites (N-methyl/N-ethyl adjacent to an activating group) is 1. The Balaban J connectivity index is 1.33. The van der Waals surface area contributed by atoms with Gasteiger partial charge in [0.05, 0.1) is 24.6 Å². The van der Waals surface area contributed by atoms with Gasteiger partial charge in [0.1, 0.15) is 11.9 Å². The van der Waals surface area contributed by atoms with Crippen LogP contribution in [0.4, 0.5) is 16.2 Å². The van der Waals surface area contributed by atoms with Crippen LogP contribution < -0.4 is 24.8 Å². The summed E-state index contributed by atoms with van der Waals surface area (Å²) in [5, 5.41) is 24.7. The topological polar surface area (TPSA) is 150 Å². The molecular formula is C33H38N4O8. The highest BCUT2D eigenvalue weighted by molar-refractivity contribution is 6.00. The van der Waals surface area contributed by atoms with Crippen molar-refractivity contribution >= 4 is 29.3 Å². The Morgan fingerprint density at radius 3 is 2.36 bits per heavy atom. The number of rotatable bonds is 9. The summed E-state index contributed by atoms with van der Waals surface area (Å²) < 4.78 is 17.3. The average Bonchev–Trinajstić information content (AvgIpc) is 3.49. The van der Waals surface area contributed by atoms with E-state index in [1.807, 2.05) is 20.9 Å². The molecule has 12 nitrogen and oxygen atoms in total. The van der Waals surface area contributed by atoms with Crippen molar-refractivity contribution in [2.24, 2.45) is 5.92 Å². The predicted octanol–water partition coefficient (Wildman–Crippen LogP) is 4.04. The van der Waals surface area contributed by atoms with Crippen LogP contribution in [0.3, 0.4) is 0 Å². The summed E-state index contributed by atoms with van der Waals surface area (Å²) in [6, 6.07) is 16.2. The Labute approximate surface area is 261 Å². The number of carboxylic acids is 1. The van der Waals surface area contributed by atoms with Gasteiger partial charge in [-0.15, -0.1) is 0 Å². The van der Waals surface area contributed by atoms with Gasteiger partial charge in [-0.05, 0) is 62.0 Å². The van der Waals surface area contributed by atoms with Crippen LogP contribution in [0.5, 0.6) is 17.2 Å². The molecule has 0 saturated heterocycles. The van der Waals surface area contributed by atoms with Gasteiger partial charge in [0, 0.05) is 48.6 Å². The van der Waals surface area contributed by atoms with Gasteiger partial charge in [-0.1, -0.05) is 19.1 Å². The normalized spacial score (nSPS) is 18.2. The minimum Gasteiger partial charge on any atom is -0.488 e. The lowest BCUT2D eigenvalue weighted by Crippen LogP contribution is -2.47. The lowest BCUT2D eigenvalue weighted by atomic mass is 10.0. The standard InChI is InChI=1S/C33H38N4O8/c1-20-15-37(21(2)18-38)31(39)13-24-12-25(34-33(42)35-26-9-11-28-29(14-26)44-19-43-28)8-10-27(24)45-30(20)17-36(3)16-22-4-6-23(7-5-22)32(40)41/h4-12,14,20-21,30,38H,13,15-19H2,1-3H3,(H,40,41)(H2,34,35,42)/t20-,21+,30-/m0/s1. The number of amides is 3. The van der Waals surface area contributed by atoms with Gasteiger partial charge in [0.25, 0.3) is 0 Å². The van der Waals surface area contributed by atoms with Crippen molar-refractivity contribution in [1.29, 1.82) is 0 Å². The summed E-state index contributed by atoms with van der Waals surface area (Å²) in [5.41, 5.74) is 2.82. The number of benzene rings is 3. The zero-order chi connectivity index (χ0) is 32.1. The zero-order valence-corrected chi connectivity index (χ0v) is 25.5. The van der Waals surface area contributed by atoms with E-state index < -0.39 is 12.0 Å². The number of fused-ring (bicyclic) bond motifs is 2. The number of anilines is 2. The first-order chi connectivity index (χ1) is 21.6. The van der Waals surface area contributed by atoms with E-state index >= 15 is 0 Å². The smallest absolute Gasteiger partial charge is 0.335 e. The van der Waals surface area contributed by atoms with Crippen molar-refractivity contribution in [3.63, 3.8) is 0 Å². The number of hydrogen-bond donors (Lipinski definition) is 4. The number of aliphatic hydroxyl groups excluding tert-OH is 1. The second-order valence-electron chi connectivity index (χ2n) is 11.6. The Morgan fingerprint density at radius 1 is 1.00 bits per heavy atom. The molecule has 0 fully saturated rings. The Bertz CT molecular complexity index is 1550. The predicted molar refractivity (Wildman–Crippen MR) is 167 cm³/mol. The fraction of sp³-hybridized carbons (Fsp3) is 0.364. The molecule has 3 aromatic carbocycles. The number of carbonyl (C=O) groups is 3. The van der Waals surface area contributed by atoms with Crippen molar-refractivity contribution < 1.29 is 38.8 Å². The SMILES string of the molecule is C[C@H](CO)N1C[C@H](C)[C@H](CN(C)Cc2ccc(C(=O)O)cc2)Oc2ccc(NC(=O)Nc3ccc4c(c3)OCO4)cc2CC1=O. The highest BCUT2D eigenvalue weighted by atomic mass is 16.7. The molecule has 0 bridgehead atoms. The minimum absolute atomic E-state index is 0.0319. The summed E-state index contributed by atoms with van der Waals surface area (Å²) in [5.74, 6) is 0.494. The Morgan fingerprint density at radius 2 is 1.67 bits per heavy atom. The van der Waals surface area contributed by atoms with Crippen LogP contribution in [0.2, 0.25) is 0 Å². The van der Waals surface area contributed by atoms with E-state index in [-0.39, 0.29) is 49.4 Å². The lowest BCUT2D eigenvalue weighted by molar-refractivity contribution is -0.134. The molecule has 45 heavy (non-hydrogen) atoms. The Hall–Kier alpha value is -4.81. The number of nitrogens with zero attached hydrogens (tertiary/aromatic N) is 2. The molecule has 4 N–H and O–H groups in total. The first-order valence-electron chi connectivity index (χ1n) is 14.8. The number of aliphatic hydroxyl groups is 1. The average molecular weight is 619 g/mol. The highest BCUT2D eigenvalue weighted by Gasteiger charge is 2.31. The quantitative estimate of drug-likeness (QED) is 0.279. The third-order valence-corrected chi connectivity index (χ3v) is 7.95. The van der Waals surface area contributed by atoms with Crippen LogP contribution in [-0.4, -0.2) is 83.6 Å². The number of ether oxygens (including phenoxy) is 3. The molecule has 2 aliphatic heterocycles. The molecule has 238 valence electrons. The van der Waals surface area contributed by atoms with Gasteiger partial charge in [-0.2, -0.15) is 0 Å². The summed E-state index contributed by atoms with van der Waals surface area (Å²) in [6.07, 6.45) is -0.288.